The Morgan fingerprint density at radius 2 is 2.36 bits per heavy atom. The van der Waals surface area contributed by atoms with Crippen molar-refractivity contribution in [2.45, 2.75) is 19.8 Å². The number of pyridine rings is 1. The van der Waals surface area contributed by atoms with Crippen LogP contribution in [0.2, 0.25) is 0 Å². The molecule has 0 aliphatic carbocycles. The molecule has 3 heteroatoms. The van der Waals surface area contributed by atoms with Crippen LogP contribution in [0.4, 0.5) is 0 Å². The zero-order valence-corrected chi connectivity index (χ0v) is 8.10. The second-order valence-electron chi connectivity index (χ2n) is 3.26. The van der Waals surface area contributed by atoms with E-state index in [4.69, 9.17) is 0 Å². The van der Waals surface area contributed by atoms with Crippen molar-refractivity contribution >= 4 is 11.3 Å². The summed E-state index contributed by atoms with van der Waals surface area (Å²) >= 11 is 0. The lowest BCUT2D eigenvalue weighted by Crippen LogP contribution is -1.97. The maximum Gasteiger partial charge on any atom is 0.166 e. The molecule has 0 spiro atoms. The van der Waals surface area contributed by atoms with Gasteiger partial charge in [-0.1, -0.05) is 13.0 Å². The molecule has 0 saturated heterocycles. The van der Waals surface area contributed by atoms with Crippen molar-refractivity contribution in [2.24, 2.45) is 0 Å². The van der Waals surface area contributed by atoms with E-state index in [1.54, 1.807) is 10.7 Å². The number of hydrogen-bond donors (Lipinski definition) is 0. The molecule has 2 rings (SSSR count). The second-order valence-corrected chi connectivity index (χ2v) is 3.26. The Balaban J connectivity index is 2.47. The van der Waals surface area contributed by atoms with Crippen molar-refractivity contribution in [2.75, 3.05) is 0 Å². The number of carbonyl (C=O) groups excluding carboxylic acids is 1. The van der Waals surface area contributed by atoms with Gasteiger partial charge in [-0.25, -0.2) is 4.52 Å². The van der Waals surface area contributed by atoms with Gasteiger partial charge in [-0.3, -0.25) is 4.79 Å². The minimum atomic E-state index is 0.175. The summed E-state index contributed by atoms with van der Waals surface area (Å²) in [7, 11) is 0. The first-order chi connectivity index (χ1) is 6.83. The molecule has 2 aromatic heterocycles. The molecule has 2 heterocycles. The fourth-order valence-corrected chi connectivity index (χ4v) is 1.51. The summed E-state index contributed by atoms with van der Waals surface area (Å²) in [4.78, 5) is 11.7. The molecule has 0 unspecified atom stereocenters. The fourth-order valence-electron chi connectivity index (χ4n) is 1.51. The minimum Gasteiger partial charge on any atom is -0.294 e. The first kappa shape index (κ1) is 8.94. The highest BCUT2D eigenvalue weighted by atomic mass is 16.1. The van der Waals surface area contributed by atoms with Crippen LogP contribution in [0.15, 0.2) is 30.6 Å². The molecule has 2 aromatic rings. The summed E-state index contributed by atoms with van der Waals surface area (Å²) < 4.78 is 1.73. The Labute approximate surface area is 82.4 Å². The van der Waals surface area contributed by atoms with Gasteiger partial charge in [-0.05, 0) is 18.6 Å². The lowest BCUT2D eigenvalue weighted by Gasteiger charge is -1.95. The Morgan fingerprint density at radius 1 is 1.50 bits per heavy atom. The first-order valence-electron chi connectivity index (χ1n) is 4.78. The van der Waals surface area contributed by atoms with Gasteiger partial charge in [0.1, 0.15) is 0 Å². The van der Waals surface area contributed by atoms with Gasteiger partial charge in [0, 0.05) is 12.6 Å². The normalized spacial score (nSPS) is 10.6. The Kier molecular flexibility index (Phi) is 2.31. The predicted octanol–water partition coefficient (Wildman–Crippen LogP) is 2.32. The van der Waals surface area contributed by atoms with E-state index in [1.807, 2.05) is 31.3 Å². The standard InChI is InChI=1S/C11H12N2O/c1-2-5-11(14)9-8-12-13-7-4-3-6-10(9)13/h3-4,6-8H,2,5H2,1H3. The fraction of sp³-hybridized carbons (Fsp3) is 0.273. The quantitative estimate of drug-likeness (QED) is 0.693. The van der Waals surface area contributed by atoms with Crippen molar-refractivity contribution in [3.05, 3.63) is 36.2 Å². The zero-order valence-electron chi connectivity index (χ0n) is 8.10. The van der Waals surface area contributed by atoms with Crippen LogP contribution < -0.4 is 0 Å². The van der Waals surface area contributed by atoms with Gasteiger partial charge in [0.2, 0.25) is 0 Å². The zero-order chi connectivity index (χ0) is 9.97. The molecule has 0 N–H and O–H groups in total. The van der Waals surface area contributed by atoms with E-state index in [2.05, 4.69) is 5.10 Å². The summed E-state index contributed by atoms with van der Waals surface area (Å²) in [5.74, 6) is 0.175. The molecule has 0 aliphatic rings. The van der Waals surface area contributed by atoms with Crippen LogP contribution in [0.1, 0.15) is 30.1 Å². The van der Waals surface area contributed by atoms with Crippen LogP contribution in [-0.2, 0) is 0 Å². The number of nitrogens with zero attached hydrogens (tertiary/aromatic N) is 2. The highest BCUT2D eigenvalue weighted by molar-refractivity contribution is 6.02. The third-order valence-electron chi connectivity index (χ3n) is 2.20. The SMILES string of the molecule is CCCC(=O)c1cnn2ccccc12. The molecule has 3 nitrogen and oxygen atoms in total. The van der Waals surface area contributed by atoms with Crippen LogP contribution >= 0.6 is 0 Å². The van der Waals surface area contributed by atoms with Gasteiger partial charge < -0.3 is 0 Å². The van der Waals surface area contributed by atoms with Gasteiger partial charge in [-0.15, -0.1) is 0 Å². The number of aromatic nitrogens is 2. The molecule has 0 aliphatic heterocycles. The van der Waals surface area contributed by atoms with E-state index in [0.717, 1.165) is 17.5 Å². The monoisotopic (exact) mass is 188 g/mol. The maximum atomic E-state index is 11.7. The Morgan fingerprint density at radius 3 is 3.14 bits per heavy atom. The van der Waals surface area contributed by atoms with E-state index < -0.39 is 0 Å². The smallest absolute Gasteiger partial charge is 0.166 e. The van der Waals surface area contributed by atoms with Crippen LogP contribution in [0, 0.1) is 0 Å². The average Bonchev–Trinajstić information content (AvgIpc) is 2.61. The van der Waals surface area contributed by atoms with Crippen LogP contribution in [0.3, 0.4) is 0 Å². The average molecular weight is 188 g/mol. The lowest BCUT2D eigenvalue weighted by molar-refractivity contribution is 0.0983. The number of hydrogen-bond acceptors (Lipinski definition) is 2. The first-order valence-corrected chi connectivity index (χ1v) is 4.78. The highest BCUT2D eigenvalue weighted by Gasteiger charge is 2.10. The van der Waals surface area contributed by atoms with Gasteiger partial charge in [0.15, 0.2) is 5.78 Å². The van der Waals surface area contributed by atoms with Gasteiger partial charge >= 0.3 is 0 Å². The number of Topliss-reactive ketones (excluding diaryl/α,β-unsaturated/α-hetero) is 1. The highest BCUT2D eigenvalue weighted by Crippen LogP contribution is 2.12. The van der Waals surface area contributed by atoms with Crippen LogP contribution in [0.5, 0.6) is 0 Å². The van der Waals surface area contributed by atoms with E-state index in [0.29, 0.717) is 6.42 Å². The van der Waals surface area contributed by atoms with E-state index in [-0.39, 0.29) is 5.78 Å². The van der Waals surface area contributed by atoms with E-state index in [1.165, 1.54) is 0 Å². The summed E-state index contributed by atoms with van der Waals surface area (Å²) in [5.41, 5.74) is 1.62. The molecule has 0 bridgehead atoms. The molecule has 0 saturated carbocycles. The summed E-state index contributed by atoms with van der Waals surface area (Å²) in [6, 6.07) is 5.73. The number of carbonyl (C=O) groups is 1. The number of fused-ring (bicyclic) bond motifs is 1. The molecule has 14 heavy (non-hydrogen) atoms. The second kappa shape index (κ2) is 3.62. The summed E-state index contributed by atoms with van der Waals surface area (Å²) in [6.07, 6.45) is 4.96. The molecular formula is C11H12N2O. The van der Waals surface area contributed by atoms with Crippen molar-refractivity contribution in [1.29, 1.82) is 0 Å². The third kappa shape index (κ3) is 1.41. The maximum absolute atomic E-state index is 11.7. The molecule has 0 atom stereocenters. The third-order valence-corrected chi connectivity index (χ3v) is 2.20. The van der Waals surface area contributed by atoms with Crippen molar-refractivity contribution in [1.82, 2.24) is 9.61 Å². The van der Waals surface area contributed by atoms with E-state index >= 15 is 0 Å². The van der Waals surface area contributed by atoms with Gasteiger partial charge in [-0.2, -0.15) is 5.10 Å². The predicted molar refractivity (Wildman–Crippen MR) is 54.4 cm³/mol. The summed E-state index contributed by atoms with van der Waals surface area (Å²) in [6.45, 7) is 2.00. The Bertz CT molecular complexity index is 459. The lowest BCUT2D eigenvalue weighted by atomic mass is 10.1. The van der Waals surface area contributed by atoms with Crippen molar-refractivity contribution in [3.63, 3.8) is 0 Å². The van der Waals surface area contributed by atoms with Crippen LogP contribution in [-0.4, -0.2) is 15.4 Å². The number of ketones is 1. The molecule has 0 fully saturated rings. The van der Waals surface area contributed by atoms with Crippen LogP contribution in [0.25, 0.3) is 5.52 Å². The van der Waals surface area contributed by atoms with Crippen molar-refractivity contribution < 1.29 is 4.79 Å². The Hall–Kier alpha value is -1.64. The van der Waals surface area contributed by atoms with Gasteiger partial charge in [0.25, 0.3) is 0 Å². The molecule has 0 aromatic carbocycles. The van der Waals surface area contributed by atoms with E-state index in [9.17, 15) is 4.79 Å². The molecule has 0 radical (unpaired) electrons. The minimum absolute atomic E-state index is 0.175. The van der Waals surface area contributed by atoms with Crippen molar-refractivity contribution in [3.8, 4) is 0 Å². The summed E-state index contributed by atoms with van der Waals surface area (Å²) in [5, 5.41) is 4.12. The molecule has 72 valence electrons. The largest absolute Gasteiger partial charge is 0.294 e. The topological polar surface area (TPSA) is 34.4 Å². The number of rotatable bonds is 3. The molecular weight excluding hydrogens is 176 g/mol. The van der Waals surface area contributed by atoms with Gasteiger partial charge in [0.05, 0.1) is 17.3 Å². The molecule has 0 amide bonds.